The van der Waals surface area contributed by atoms with Gasteiger partial charge in [0.1, 0.15) is 0 Å². The van der Waals surface area contributed by atoms with Crippen LogP contribution < -0.4 is 5.56 Å². The third-order valence-electron chi connectivity index (χ3n) is 2.42. The second-order valence-electron chi connectivity index (χ2n) is 3.51. The van der Waals surface area contributed by atoms with Crippen molar-refractivity contribution in [2.24, 2.45) is 0 Å². The number of aromatic nitrogens is 2. The molecule has 0 fully saturated rings. The summed E-state index contributed by atoms with van der Waals surface area (Å²) in [4.78, 5) is 11.9. The Balaban J connectivity index is 2.82. The minimum absolute atomic E-state index is 0.0709. The van der Waals surface area contributed by atoms with Gasteiger partial charge in [-0.1, -0.05) is 0 Å². The van der Waals surface area contributed by atoms with Crippen molar-refractivity contribution < 1.29 is 18.5 Å². The van der Waals surface area contributed by atoms with E-state index in [1.54, 1.807) is 10.6 Å². The molecule has 16 heavy (non-hydrogen) atoms. The molecule has 0 aliphatic carbocycles. The molecule has 0 aliphatic rings. The minimum atomic E-state index is -0.0709. The van der Waals surface area contributed by atoms with Gasteiger partial charge >= 0.3 is 108 Å². The molecule has 1 aromatic carbocycles. The van der Waals surface area contributed by atoms with E-state index in [4.69, 9.17) is 12.2 Å². The first-order valence-electron chi connectivity index (χ1n) is 4.83. The van der Waals surface area contributed by atoms with Crippen LogP contribution in [0.3, 0.4) is 0 Å². The summed E-state index contributed by atoms with van der Waals surface area (Å²) in [5.41, 5.74) is 1.67. The van der Waals surface area contributed by atoms with E-state index in [1.807, 2.05) is 40.6 Å². The Morgan fingerprint density at radius 1 is 1.25 bits per heavy atom. The summed E-state index contributed by atoms with van der Waals surface area (Å²) >= 11 is 6.19. The topological polar surface area (TPSA) is 26.9 Å². The van der Waals surface area contributed by atoms with Gasteiger partial charge in [0, 0.05) is 0 Å². The Hall–Kier alpha value is -1.06. The van der Waals surface area contributed by atoms with Gasteiger partial charge in [-0.25, -0.2) is 0 Å². The van der Waals surface area contributed by atoms with Gasteiger partial charge in [-0.2, -0.15) is 0 Å². The molecule has 2 aromatic rings. The van der Waals surface area contributed by atoms with Gasteiger partial charge < -0.3 is 0 Å². The average molecular weight is 283 g/mol. The molecule has 0 saturated carbocycles. The van der Waals surface area contributed by atoms with E-state index in [0.717, 1.165) is 29.9 Å². The standard InChI is InChI=1S/C11H10N2OS.Zn/c1-8-7-10(14)13(11(15)12-8)9-5-3-2-4-6-9;/h2-7H,1H3,(H,12,14,15);/q;+1/p-1. The van der Waals surface area contributed by atoms with Crippen molar-refractivity contribution in [1.82, 2.24) is 7.88 Å². The Morgan fingerprint density at radius 2 is 1.88 bits per heavy atom. The van der Waals surface area contributed by atoms with Crippen LogP contribution in [0.15, 0.2) is 41.2 Å². The van der Waals surface area contributed by atoms with E-state index in [2.05, 4.69) is 0 Å². The van der Waals surface area contributed by atoms with Gasteiger partial charge in [0.05, 0.1) is 0 Å². The number of rotatable bonds is 1. The molecule has 1 heterocycles. The fraction of sp³-hybridized carbons (Fsp3) is 0.0909. The Bertz CT molecular complexity index is 631. The van der Waals surface area contributed by atoms with Crippen LogP contribution in [0.5, 0.6) is 0 Å². The molecule has 0 saturated heterocycles. The van der Waals surface area contributed by atoms with Crippen molar-refractivity contribution >= 4 is 12.2 Å². The van der Waals surface area contributed by atoms with E-state index in [-0.39, 0.29) is 5.56 Å². The second kappa shape index (κ2) is 4.44. The van der Waals surface area contributed by atoms with Crippen LogP contribution in [-0.2, 0) is 18.5 Å². The normalized spacial score (nSPS) is 10.4. The van der Waals surface area contributed by atoms with Crippen LogP contribution in [0.25, 0.3) is 5.69 Å². The number of aryl methyl sites for hydroxylation is 1. The second-order valence-corrected chi connectivity index (χ2v) is 5.20. The number of para-hydroxylation sites is 1. The molecular weight excluding hydrogens is 274 g/mol. The summed E-state index contributed by atoms with van der Waals surface area (Å²) in [5.74, 6) is 0. The molecular formula is C11H9N2OSZn. The van der Waals surface area contributed by atoms with Gasteiger partial charge in [0.15, 0.2) is 0 Å². The van der Waals surface area contributed by atoms with Crippen molar-refractivity contribution in [3.63, 3.8) is 0 Å². The number of benzene rings is 1. The van der Waals surface area contributed by atoms with Crippen molar-refractivity contribution in [2.45, 2.75) is 6.92 Å². The van der Waals surface area contributed by atoms with E-state index < -0.39 is 0 Å². The molecule has 1 aromatic heterocycles. The molecule has 0 aliphatic heterocycles. The zero-order valence-electron chi connectivity index (χ0n) is 8.88. The third-order valence-corrected chi connectivity index (χ3v) is 4.97. The van der Waals surface area contributed by atoms with Gasteiger partial charge in [0.25, 0.3) is 0 Å². The number of hydrogen-bond acceptors (Lipinski definition) is 2. The first kappa shape index (κ1) is 11.4. The SMILES string of the molecule is Cc1cc(=O)n(-c2ccccc2)c(=S)[n]1[Zn]. The molecule has 2 rings (SSSR count). The average Bonchev–Trinajstić information content (AvgIpc) is 2.28. The Morgan fingerprint density at radius 3 is 2.50 bits per heavy atom. The van der Waals surface area contributed by atoms with Crippen LogP contribution in [-0.4, -0.2) is 7.88 Å². The predicted molar refractivity (Wildman–Crippen MR) is 61.0 cm³/mol. The van der Waals surface area contributed by atoms with Crippen LogP contribution in [0.1, 0.15) is 5.69 Å². The van der Waals surface area contributed by atoms with Crippen molar-refractivity contribution in [1.29, 1.82) is 0 Å². The molecule has 0 unspecified atom stereocenters. The van der Waals surface area contributed by atoms with Crippen molar-refractivity contribution in [3.8, 4) is 5.69 Å². The fourth-order valence-corrected chi connectivity index (χ4v) is 2.33. The van der Waals surface area contributed by atoms with Crippen LogP contribution in [0.4, 0.5) is 0 Å². The van der Waals surface area contributed by atoms with Gasteiger partial charge in [-0.05, 0) is 0 Å². The molecule has 0 spiro atoms. The third kappa shape index (κ3) is 1.93. The molecule has 0 atom stereocenters. The van der Waals surface area contributed by atoms with Gasteiger partial charge in [0.2, 0.25) is 0 Å². The molecule has 5 heteroatoms. The summed E-state index contributed by atoms with van der Waals surface area (Å²) in [7, 11) is 0. The summed E-state index contributed by atoms with van der Waals surface area (Å²) in [5, 5.41) is 0. The summed E-state index contributed by atoms with van der Waals surface area (Å²) in [6, 6.07) is 11.1. The first-order valence-corrected chi connectivity index (χ1v) is 6.57. The first-order chi connectivity index (χ1) is 7.61. The van der Waals surface area contributed by atoms with Gasteiger partial charge in [-0.3, -0.25) is 0 Å². The number of hydrogen-bond donors (Lipinski definition) is 0. The zero-order chi connectivity index (χ0) is 11.7. The Kier molecular flexibility index (Phi) is 3.17. The predicted octanol–water partition coefficient (Wildman–Crippen LogP) is 1.99. The summed E-state index contributed by atoms with van der Waals surface area (Å²) in [6.07, 6.45) is 0. The van der Waals surface area contributed by atoms with Gasteiger partial charge in [-0.15, -0.1) is 0 Å². The summed E-state index contributed by atoms with van der Waals surface area (Å²) < 4.78 is 4.08. The van der Waals surface area contributed by atoms with Crippen LogP contribution >= 0.6 is 12.2 Å². The van der Waals surface area contributed by atoms with Crippen molar-refractivity contribution in [3.05, 3.63) is 57.2 Å². The maximum absolute atomic E-state index is 11.9. The quantitative estimate of drug-likeness (QED) is 0.591. The van der Waals surface area contributed by atoms with E-state index in [1.165, 1.54) is 0 Å². The monoisotopic (exact) mass is 281 g/mol. The van der Waals surface area contributed by atoms with Crippen molar-refractivity contribution in [2.75, 3.05) is 0 Å². The molecule has 77 valence electrons. The molecule has 0 bridgehead atoms. The molecule has 0 radical (unpaired) electrons. The van der Waals surface area contributed by atoms with E-state index >= 15 is 0 Å². The molecule has 0 amide bonds. The van der Waals surface area contributed by atoms with Crippen LogP contribution in [0, 0.1) is 11.7 Å². The van der Waals surface area contributed by atoms with Crippen LogP contribution in [0.2, 0.25) is 0 Å². The van der Waals surface area contributed by atoms with E-state index in [0.29, 0.717) is 4.77 Å². The maximum atomic E-state index is 11.9. The number of nitrogens with zero attached hydrogens (tertiary/aromatic N) is 2. The van der Waals surface area contributed by atoms with E-state index in [9.17, 15) is 4.79 Å². The Labute approximate surface area is 108 Å². The summed E-state index contributed by atoms with van der Waals surface area (Å²) in [6.45, 7) is 1.90. The zero-order valence-corrected chi connectivity index (χ0v) is 12.7. The molecule has 3 nitrogen and oxygen atoms in total. The molecule has 0 N–H and O–H groups in total. The fourth-order valence-electron chi connectivity index (χ4n) is 1.50.